The number of hydrogen-bond donors (Lipinski definition) is 2. The van der Waals surface area contributed by atoms with Crippen molar-refractivity contribution in [2.75, 3.05) is 0 Å². The minimum absolute atomic E-state index is 0.0641. The number of benzene rings is 1. The Kier molecular flexibility index (Phi) is 3.38. The number of hydrogen-bond acceptors (Lipinski definition) is 3. The van der Waals surface area contributed by atoms with Gasteiger partial charge in [0.05, 0.1) is 21.5 Å². The van der Waals surface area contributed by atoms with E-state index in [0.717, 1.165) is 21.5 Å². The molecule has 18 heavy (non-hydrogen) atoms. The number of para-hydroxylation sites is 1. The van der Waals surface area contributed by atoms with E-state index in [0.29, 0.717) is 5.56 Å². The fourth-order valence-electron chi connectivity index (χ4n) is 1.79. The third kappa shape index (κ3) is 1.99. The van der Waals surface area contributed by atoms with Crippen LogP contribution in [0.25, 0.3) is 5.69 Å². The van der Waals surface area contributed by atoms with Gasteiger partial charge in [0.25, 0.3) is 0 Å². The maximum absolute atomic E-state index is 8.81. The molecule has 0 spiro atoms. The Morgan fingerprint density at radius 2 is 2.06 bits per heavy atom. The van der Waals surface area contributed by atoms with Crippen LogP contribution in [-0.4, -0.2) is 20.8 Å². The van der Waals surface area contributed by atoms with Gasteiger partial charge in [-0.05, 0) is 41.9 Å². The van der Waals surface area contributed by atoms with Crippen molar-refractivity contribution in [1.29, 1.82) is 0 Å². The predicted octanol–water partition coefficient (Wildman–Crippen LogP) is 2.35. The van der Waals surface area contributed by atoms with Gasteiger partial charge in [-0.25, -0.2) is 4.68 Å². The maximum atomic E-state index is 8.81. The zero-order valence-electron chi connectivity index (χ0n) is 10.1. The first kappa shape index (κ1) is 12.6. The molecule has 2 aromatic rings. The molecule has 0 fully saturated rings. The standard InChI is InChI=1S/C12H13BrN4O/c1-7-11(13)8(2)17(15-7)10-6-4-3-5-9(10)12(14)16-18/h3-6,18H,1-2H3,(H2,14,16). The number of halogens is 1. The summed E-state index contributed by atoms with van der Waals surface area (Å²) in [7, 11) is 0. The summed E-state index contributed by atoms with van der Waals surface area (Å²) in [5, 5.41) is 16.3. The van der Waals surface area contributed by atoms with Gasteiger partial charge in [0, 0.05) is 5.56 Å². The van der Waals surface area contributed by atoms with Crippen LogP contribution in [0.2, 0.25) is 0 Å². The third-order valence-electron chi connectivity index (χ3n) is 2.72. The quantitative estimate of drug-likeness (QED) is 0.387. The Morgan fingerprint density at radius 1 is 1.39 bits per heavy atom. The fraction of sp³-hybridized carbons (Fsp3) is 0.167. The number of rotatable bonds is 2. The second kappa shape index (κ2) is 4.81. The summed E-state index contributed by atoms with van der Waals surface area (Å²) < 4.78 is 2.73. The second-order valence-corrected chi connectivity index (χ2v) is 4.69. The number of amidine groups is 1. The SMILES string of the molecule is Cc1nn(-c2ccccc2C(N)=NO)c(C)c1Br. The van der Waals surface area contributed by atoms with Crippen LogP contribution in [0.1, 0.15) is 17.0 Å². The summed E-state index contributed by atoms with van der Waals surface area (Å²) in [5.74, 6) is 0.0641. The van der Waals surface area contributed by atoms with E-state index in [2.05, 4.69) is 26.2 Å². The molecule has 3 N–H and O–H groups in total. The molecular weight excluding hydrogens is 296 g/mol. The van der Waals surface area contributed by atoms with Crippen LogP contribution in [0.4, 0.5) is 0 Å². The van der Waals surface area contributed by atoms with Crippen LogP contribution < -0.4 is 5.73 Å². The van der Waals surface area contributed by atoms with Crippen molar-refractivity contribution in [3.8, 4) is 5.69 Å². The van der Waals surface area contributed by atoms with Gasteiger partial charge in [-0.1, -0.05) is 17.3 Å². The van der Waals surface area contributed by atoms with E-state index in [1.165, 1.54) is 0 Å². The van der Waals surface area contributed by atoms with Gasteiger partial charge in [0.1, 0.15) is 0 Å². The number of nitrogens with zero attached hydrogens (tertiary/aromatic N) is 3. The highest BCUT2D eigenvalue weighted by Crippen LogP contribution is 2.24. The van der Waals surface area contributed by atoms with Gasteiger partial charge in [-0.3, -0.25) is 0 Å². The zero-order valence-corrected chi connectivity index (χ0v) is 11.6. The molecule has 0 atom stereocenters. The van der Waals surface area contributed by atoms with Gasteiger partial charge in [0.2, 0.25) is 0 Å². The minimum atomic E-state index is 0.0641. The second-order valence-electron chi connectivity index (χ2n) is 3.90. The number of aryl methyl sites for hydroxylation is 1. The Labute approximate surface area is 113 Å². The molecule has 1 heterocycles. The van der Waals surface area contributed by atoms with Gasteiger partial charge < -0.3 is 10.9 Å². The lowest BCUT2D eigenvalue weighted by molar-refractivity contribution is 0.318. The summed E-state index contributed by atoms with van der Waals surface area (Å²) in [6.07, 6.45) is 0. The van der Waals surface area contributed by atoms with Gasteiger partial charge in [0.15, 0.2) is 5.84 Å². The fourth-order valence-corrected chi connectivity index (χ4v) is 2.03. The van der Waals surface area contributed by atoms with Crippen LogP contribution in [0, 0.1) is 13.8 Å². The monoisotopic (exact) mass is 308 g/mol. The first-order chi connectivity index (χ1) is 8.56. The van der Waals surface area contributed by atoms with Crippen molar-refractivity contribution in [3.63, 3.8) is 0 Å². The molecular formula is C12H13BrN4O. The summed E-state index contributed by atoms with van der Waals surface area (Å²) in [6.45, 7) is 3.87. The average Bonchev–Trinajstić information content (AvgIpc) is 2.65. The first-order valence-electron chi connectivity index (χ1n) is 5.35. The number of oxime groups is 1. The van der Waals surface area contributed by atoms with E-state index >= 15 is 0 Å². The lowest BCUT2D eigenvalue weighted by Crippen LogP contribution is -2.17. The Hall–Kier alpha value is -1.82. The molecule has 0 bridgehead atoms. The molecule has 0 unspecified atom stereocenters. The highest BCUT2D eigenvalue weighted by molar-refractivity contribution is 9.10. The molecule has 0 saturated carbocycles. The lowest BCUT2D eigenvalue weighted by Gasteiger charge is -2.09. The highest BCUT2D eigenvalue weighted by Gasteiger charge is 2.14. The normalized spacial score (nSPS) is 11.8. The molecule has 1 aromatic carbocycles. The predicted molar refractivity (Wildman–Crippen MR) is 73.2 cm³/mol. The van der Waals surface area contributed by atoms with Crippen molar-refractivity contribution in [3.05, 3.63) is 45.7 Å². The Bertz CT molecular complexity index is 619. The molecule has 94 valence electrons. The van der Waals surface area contributed by atoms with E-state index in [1.807, 2.05) is 32.0 Å². The molecule has 0 aliphatic rings. The molecule has 0 amide bonds. The van der Waals surface area contributed by atoms with Gasteiger partial charge in [-0.2, -0.15) is 5.10 Å². The van der Waals surface area contributed by atoms with E-state index in [-0.39, 0.29) is 5.84 Å². The van der Waals surface area contributed by atoms with Crippen LogP contribution >= 0.6 is 15.9 Å². The molecule has 5 nitrogen and oxygen atoms in total. The van der Waals surface area contributed by atoms with Crippen LogP contribution in [0.5, 0.6) is 0 Å². The maximum Gasteiger partial charge on any atom is 0.172 e. The van der Waals surface area contributed by atoms with Crippen molar-refractivity contribution >= 4 is 21.8 Å². The van der Waals surface area contributed by atoms with Gasteiger partial charge >= 0.3 is 0 Å². The lowest BCUT2D eigenvalue weighted by atomic mass is 10.1. The Balaban J connectivity index is 2.68. The van der Waals surface area contributed by atoms with E-state index < -0.39 is 0 Å². The van der Waals surface area contributed by atoms with Crippen molar-refractivity contribution in [1.82, 2.24) is 9.78 Å². The molecule has 2 rings (SSSR count). The van der Waals surface area contributed by atoms with Crippen molar-refractivity contribution < 1.29 is 5.21 Å². The van der Waals surface area contributed by atoms with E-state index in [4.69, 9.17) is 10.9 Å². The Morgan fingerprint density at radius 3 is 2.61 bits per heavy atom. The van der Waals surface area contributed by atoms with E-state index in [9.17, 15) is 0 Å². The summed E-state index contributed by atoms with van der Waals surface area (Å²) >= 11 is 3.48. The molecule has 0 saturated heterocycles. The minimum Gasteiger partial charge on any atom is -0.409 e. The molecule has 6 heteroatoms. The molecule has 0 aliphatic heterocycles. The number of nitrogens with two attached hydrogens (primary N) is 1. The van der Waals surface area contributed by atoms with Gasteiger partial charge in [-0.15, -0.1) is 0 Å². The molecule has 1 aromatic heterocycles. The topological polar surface area (TPSA) is 76.4 Å². The molecule has 0 aliphatic carbocycles. The highest BCUT2D eigenvalue weighted by atomic mass is 79.9. The van der Waals surface area contributed by atoms with E-state index in [1.54, 1.807) is 10.7 Å². The molecule has 0 radical (unpaired) electrons. The largest absolute Gasteiger partial charge is 0.409 e. The summed E-state index contributed by atoms with van der Waals surface area (Å²) in [4.78, 5) is 0. The zero-order chi connectivity index (χ0) is 13.3. The number of aromatic nitrogens is 2. The summed E-state index contributed by atoms with van der Waals surface area (Å²) in [5.41, 5.74) is 8.94. The first-order valence-corrected chi connectivity index (χ1v) is 6.14. The van der Waals surface area contributed by atoms with Crippen molar-refractivity contribution in [2.45, 2.75) is 13.8 Å². The smallest absolute Gasteiger partial charge is 0.172 e. The van der Waals surface area contributed by atoms with Crippen LogP contribution in [0.3, 0.4) is 0 Å². The van der Waals surface area contributed by atoms with Crippen LogP contribution in [0.15, 0.2) is 33.9 Å². The van der Waals surface area contributed by atoms with Crippen molar-refractivity contribution in [2.24, 2.45) is 10.9 Å². The third-order valence-corrected chi connectivity index (χ3v) is 3.87. The summed E-state index contributed by atoms with van der Waals surface area (Å²) in [6, 6.07) is 7.37. The van der Waals surface area contributed by atoms with Crippen LogP contribution in [-0.2, 0) is 0 Å². The average molecular weight is 309 g/mol.